The van der Waals surface area contributed by atoms with Gasteiger partial charge in [0.15, 0.2) is 0 Å². The molecule has 2 rings (SSSR count). The first-order valence-electron chi connectivity index (χ1n) is 5.67. The summed E-state index contributed by atoms with van der Waals surface area (Å²) in [7, 11) is -1.37. The summed E-state index contributed by atoms with van der Waals surface area (Å²) in [6.07, 6.45) is 1.63. The third-order valence-corrected chi connectivity index (χ3v) is 3.98. The van der Waals surface area contributed by atoms with Crippen LogP contribution in [0.5, 0.6) is 0 Å². The standard InChI is InChI=1S/C13H13FN2O2S/c14-11-9-10(4-5-12(11)15)19(18)8-7-16-6-2-1-3-13(16)17/h1-6,9H,7-8,15H2. The van der Waals surface area contributed by atoms with Gasteiger partial charge in [-0.3, -0.25) is 9.00 Å². The zero-order valence-corrected chi connectivity index (χ0v) is 10.9. The molecule has 100 valence electrons. The summed E-state index contributed by atoms with van der Waals surface area (Å²) < 4.78 is 26.7. The molecule has 1 aromatic carbocycles. The van der Waals surface area contributed by atoms with Crippen LogP contribution in [0.2, 0.25) is 0 Å². The van der Waals surface area contributed by atoms with Gasteiger partial charge in [0.05, 0.1) is 16.5 Å². The monoisotopic (exact) mass is 280 g/mol. The van der Waals surface area contributed by atoms with Gasteiger partial charge >= 0.3 is 0 Å². The maximum absolute atomic E-state index is 13.3. The van der Waals surface area contributed by atoms with Gasteiger partial charge in [0, 0.05) is 29.5 Å². The van der Waals surface area contributed by atoms with Crippen LogP contribution in [0.1, 0.15) is 0 Å². The van der Waals surface area contributed by atoms with E-state index in [0.29, 0.717) is 11.4 Å². The summed E-state index contributed by atoms with van der Waals surface area (Å²) in [6, 6.07) is 8.89. The van der Waals surface area contributed by atoms with Crippen LogP contribution in [-0.4, -0.2) is 14.5 Å². The third kappa shape index (κ3) is 3.29. The molecular weight excluding hydrogens is 267 g/mol. The number of pyridine rings is 1. The number of nitrogens with two attached hydrogens (primary N) is 1. The van der Waals surface area contributed by atoms with Gasteiger partial charge < -0.3 is 10.3 Å². The van der Waals surface area contributed by atoms with Crippen molar-refractivity contribution in [1.82, 2.24) is 4.57 Å². The minimum absolute atomic E-state index is 0.0278. The minimum Gasteiger partial charge on any atom is -0.396 e. The molecule has 0 saturated carbocycles. The van der Waals surface area contributed by atoms with Gasteiger partial charge in [-0.05, 0) is 24.3 Å². The zero-order chi connectivity index (χ0) is 13.8. The molecule has 1 aromatic heterocycles. The Morgan fingerprint density at radius 1 is 1.26 bits per heavy atom. The highest BCUT2D eigenvalue weighted by atomic mass is 32.2. The molecule has 2 N–H and O–H groups in total. The Labute approximate surface area is 112 Å². The van der Waals surface area contributed by atoms with E-state index >= 15 is 0 Å². The lowest BCUT2D eigenvalue weighted by atomic mass is 10.3. The Hall–Kier alpha value is -1.95. The van der Waals surface area contributed by atoms with Crippen molar-refractivity contribution in [1.29, 1.82) is 0 Å². The van der Waals surface area contributed by atoms with Gasteiger partial charge in [-0.2, -0.15) is 0 Å². The van der Waals surface area contributed by atoms with Crippen LogP contribution in [0.3, 0.4) is 0 Å². The molecule has 0 fully saturated rings. The average molecular weight is 280 g/mol. The Morgan fingerprint density at radius 2 is 2.05 bits per heavy atom. The van der Waals surface area contributed by atoms with Crippen LogP contribution < -0.4 is 11.3 Å². The van der Waals surface area contributed by atoms with Crippen LogP contribution in [0.4, 0.5) is 10.1 Å². The van der Waals surface area contributed by atoms with Crippen molar-refractivity contribution in [2.45, 2.75) is 11.4 Å². The SMILES string of the molecule is Nc1ccc(S(=O)CCn2ccccc2=O)cc1F. The predicted molar refractivity (Wildman–Crippen MR) is 72.8 cm³/mol. The van der Waals surface area contributed by atoms with E-state index in [9.17, 15) is 13.4 Å². The summed E-state index contributed by atoms with van der Waals surface area (Å²) in [4.78, 5) is 11.8. The highest BCUT2D eigenvalue weighted by Gasteiger charge is 2.07. The molecule has 0 amide bonds. The molecule has 0 aliphatic heterocycles. The first-order chi connectivity index (χ1) is 9.08. The summed E-state index contributed by atoms with van der Waals surface area (Å²) in [5.41, 5.74) is 5.23. The lowest BCUT2D eigenvalue weighted by Gasteiger charge is -2.06. The van der Waals surface area contributed by atoms with Crippen molar-refractivity contribution in [2.24, 2.45) is 0 Å². The number of hydrogen-bond acceptors (Lipinski definition) is 3. The summed E-state index contributed by atoms with van der Waals surface area (Å²) in [6.45, 7) is 0.318. The fraction of sp³-hybridized carbons (Fsp3) is 0.154. The Kier molecular flexibility index (Phi) is 4.11. The first-order valence-corrected chi connectivity index (χ1v) is 6.98. The number of aromatic nitrogens is 1. The third-order valence-electron chi connectivity index (χ3n) is 2.65. The van der Waals surface area contributed by atoms with Crippen LogP contribution in [0.25, 0.3) is 0 Å². The van der Waals surface area contributed by atoms with Crippen molar-refractivity contribution in [3.05, 3.63) is 58.8 Å². The second kappa shape index (κ2) is 5.79. The number of rotatable bonds is 4. The first kappa shape index (κ1) is 13.5. The molecule has 1 unspecified atom stereocenters. The topological polar surface area (TPSA) is 65.1 Å². The number of anilines is 1. The van der Waals surface area contributed by atoms with Crippen LogP contribution in [0.15, 0.2) is 52.3 Å². The van der Waals surface area contributed by atoms with Crippen molar-refractivity contribution in [3.8, 4) is 0 Å². The van der Waals surface area contributed by atoms with Gasteiger partial charge in [0.2, 0.25) is 0 Å². The number of nitrogen functional groups attached to an aromatic ring is 1. The fourth-order valence-electron chi connectivity index (χ4n) is 1.59. The Morgan fingerprint density at radius 3 is 2.74 bits per heavy atom. The van der Waals surface area contributed by atoms with E-state index in [2.05, 4.69) is 0 Å². The van der Waals surface area contributed by atoms with Crippen molar-refractivity contribution >= 4 is 16.5 Å². The highest BCUT2D eigenvalue weighted by molar-refractivity contribution is 7.85. The molecule has 0 saturated heterocycles. The van der Waals surface area contributed by atoms with Gasteiger partial charge in [-0.1, -0.05) is 6.07 Å². The van der Waals surface area contributed by atoms with Crippen molar-refractivity contribution in [2.75, 3.05) is 11.5 Å². The van der Waals surface area contributed by atoms with Gasteiger partial charge in [-0.25, -0.2) is 4.39 Å². The summed E-state index contributed by atoms with van der Waals surface area (Å²) in [5.74, 6) is -0.337. The highest BCUT2D eigenvalue weighted by Crippen LogP contribution is 2.15. The van der Waals surface area contributed by atoms with Crippen LogP contribution in [0, 0.1) is 5.82 Å². The second-order valence-electron chi connectivity index (χ2n) is 3.97. The van der Waals surface area contributed by atoms with Gasteiger partial charge in [-0.15, -0.1) is 0 Å². The Balaban J connectivity index is 2.08. The smallest absolute Gasteiger partial charge is 0.250 e. The van der Waals surface area contributed by atoms with Gasteiger partial charge in [0.1, 0.15) is 5.82 Å². The molecule has 0 aliphatic carbocycles. The van der Waals surface area contributed by atoms with E-state index in [4.69, 9.17) is 5.73 Å². The van der Waals surface area contributed by atoms with E-state index in [1.165, 1.54) is 28.8 Å². The van der Waals surface area contributed by atoms with E-state index in [1.807, 2.05) is 0 Å². The zero-order valence-electron chi connectivity index (χ0n) is 10.1. The minimum atomic E-state index is -1.37. The van der Waals surface area contributed by atoms with Gasteiger partial charge in [0.25, 0.3) is 5.56 Å². The number of aryl methyl sites for hydroxylation is 1. The Bertz CT molecular complexity index is 670. The number of nitrogens with zero attached hydrogens (tertiary/aromatic N) is 1. The molecule has 4 nitrogen and oxygen atoms in total. The maximum Gasteiger partial charge on any atom is 0.250 e. The van der Waals surface area contributed by atoms with Crippen molar-refractivity contribution in [3.63, 3.8) is 0 Å². The van der Waals surface area contributed by atoms with Crippen molar-refractivity contribution < 1.29 is 8.60 Å². The predicted octanol–water partition coefficient (Wildman–Crippen LogP) is 1.38. The van der Waals surface area contributed by atoms with Crippen LogP contribution in [-0.2, 0) is 17.3 Å². The quantitative estimate of drug-likeness (QED) is 0.860. The molecule has 0 spiro atoms. The average Bonchev–Trinajstić information content (AvgIpc) is 2.40. The number of benzene rings is 1. The molecule has 19 heavy (non-hydrogen) atoms. The molecule has 2 aromatic rings. The largest absolute Gasteiger partial charge is 0.396 e. The maximum atomic E-state index is 13.3. The van der Waals surface area contributed by atoms with E-state index in [-0.39, 0.29) is 17.0 Å². The number of hydrogen-bond donors (Lipinski definition) is 1. The van der Waals surface area contributed by atoms with E-state index in [1.54, 1.807) is 18.3 Å². The lowest BCUT2D eigenvalue weighted by Crippen LogP contribution is -2.20. The normalized spacial score (nSPS) is 12.3. The second-order valence-corrected chi connectivity index (χ2v) is 5.54. The molecule has 0 aliphatic rings. The summed E-state index contributed by atoms with van der Waals surface area (Å²) >= 11 is 0. The molecule has 0 radical (unpaired) electrons. The van der Waals surface area contributed by atoms with E-state index < -0.39 is 16.6 Å². The fourth-order valence-corrected chi connectivity index (χ4v) is 2.65. The summed E-state index contributed by atoms with van der Waals surface area (Å²) in [5, 5.41) is 0. The molecule has 1 heterocycles. The molecule has 0 bridgehead atoms. The van der Waals surface area contributed by atoms with E-state index in [0.717, 1.165) is 0 Å². The molecule has 6 heteroatoms. The molecule has 1 atom stereocenters. The van der Waals surface area contributed by atoms with Crippen LogP contribution >= 0.6 is 0 Å². The molecular formula is C13H13FN2O2S. The lowest BCUT2D eigenvalue weighted by molar-refractivity contribution is 0.626. The number of halogens is 1.